The number of halogens is 2. The van der Waals surface area contributed by atoms with E-state index in [1.54, 1.807) is 58.4 Å². The highest BCUT2D eigenvalue weighted by Crippen LogP contribution is 2.39. The Bertz CT molecular complexity index is 2900. The van der Waals surface area contributed by atoms with Gasteiger partial charge in [0, 0.05) is 37.8 Å². The lowest BCUT2D eigenvalue weighted by atomic mass is 9.85. The van der Waals surface area contributed by atoms with Gasteiger partial charge in [-0.3, -0.25) is 33.7 Å². The molecule has 0 spiro atoms. The van der Waals surface area contributed by atoms with Gasteiger partial charge < -0.3 is 46.5 Å². The summed E-state index contributed by atoms with van der Waals surface area (Å²) in [6.45, 7) is 13.9. The first-order valence-corrected chi connectivity index (χ1v) is 27.9. The number of unbranched alkanes of at least 4 members (excludes halogenated alkanes) is 2. The normalized spacial score (nSPS) is 19.2. The van der Waals surface area contributed by atoms with E-state index in [-0.39, 0.29) is 75.8 Å². The summed E-state index contributed by atoms with van der Waals surface area (Å²) in [4.78, 5) is 103. The molecule has 79 heavy (non-hydrogen) atoms. The molecule has 0 radical (unpaired) electrons. The van der Waals surface area contributed by atoms with E-state index in [0.717, 1.165) is 45.0 Å². The van der Waals surface area contributed by atoms with Crippen LogP contribution in [0, 0.1) is 24.0 Å². The number of carbonyl (C=O) groups excluding carboxylic acids is 7. The number of β-amino-alcohol motifs (C(OH)–C–C–N with tert-alkyl or cyclic N) is 1. The maximum atomic E-state index is 16.1. The standard InChI is InChI=1S/C58H74F2N8O10S/c1-32(34-17-19-36(20-18-34)50-33(2)62-31-79-50)63-52(72)43-28-39(69)29-67(43)55(75)51(57(3,4)5)66-47(71)16-11-9-10-15-40-41(59)23-25-45(48(40)60)77-30-38(22-26-46(61)70)64-53(73)44-27-37-14-12-13-35-21-24-42(54(74)68(44)49(35)37)65-56(76)78-58(6,7)8/h12-14,17-20,23,25,31-32,38-39,42-44,51,69H,9-11,15-16,21-22,24,26-30H2,1-8H3,(H2,61,70)(H,63,72)(H,64,73)(H,65,76)(H,66,71)/t32-,38-,39+,42-,43?,44-,51+/m0/s1. The summed E-state index contributed by atoms with van der Waals surface area (Å²) in [5.74, 6) is -5.13. The molecule has 7 amide bonds. The fourth-order valence-corrected chi connectivity index (χ4v) is 11.2. The Kier molecular flexibility index (Phi) is 19.2. The number of amides is 7. The molecule has 4 aromatic rings. The van der Waals surface area contributed by atoms with Crippen molar-refractivity contribution in [3.8, 4) is 16.2 Å². The number of carbonyl (C=O) groups is 7. The molecule has 7 N–H and O–H groups in total. The van der Waals surface area contributed by atoms with Gasteiger partial charge in [0.25, 0.3) is 0 Å². The van der Waals surface area contributed by atoms with Gasteiger partial charge in [0.2, 0.25) is 35.4 Å². The minimum absolute atomic E-state index is 0.000634. The Morgan fingerprint density at radius 1 is 0.899 bits per heavy atom. The monoisotopic (exact) mass is 1110 g/mol. The molecule has 426 valence electrons. The lowest BCUT2D eigenvalue weighted by molar-refractivity contribution is -0.144. The van der Waals surface area contributed by atoms with Crippen molar-refractivity contribution in [3.63, 3.8) is 0 Å². The maximum Gasteiger partial charge on any atom is 0.408 e. The summed E-state index contributed by atoms with van der Waals surface area (Å²) in [5, 5.41) is 22.1. The molecule has 1 aromatic heterocycles. The number of benzene rings is 3. The minimum atomic E-state index is -1.04. The van der Waals surface area contributed by atoms with Gasteiger partial charge in [0.1, 0.15) is 42.2 Å². The van der Waals surface area contributed by atoms with Crippen LogP contribution < -0.4 is 36.6 Å². The number of para-hydroxylation sites is 1. The molecule has 0 bridgehead atoms. The number of thiazole rings is 1. The van der Waals surface area contributed by atoms with Gasteiger partial charge in [-0.25, -0.2) is 18.6 Å². The highest BCUT2D eigenvalue weighted by Gasteiger charge is 2.46. The molecule has 3 aromatic carbocycles. The molecule has 21 heteroatoms. The summed E-state index contributed by atoms with van der Waals surface area (Å²) in [6.07, 6.45) is -0.00553. The van der Waals surface area contributed by atoms with Gasteiger partial charge in [-0.15, -0.1) is 11.3 Å². The predicted molar refractivity (Wildman–Crippen MR) is 294 cm³/mol. The van der Waals surface area contributed by atoms with E-state index < -0.39 is 107 Å². The molecular formula is C58H74F2N8O10S. The van der Waals surface area contributed by atoms with Crippen molar-refractivity contribution in [3.05, 3.63) is 99.7 Å². The Balaban J connectivity index is 0.915. The largest absolute Gasteiger partial charge is 0.488 e. The van der Waals surface area contributed by atoms with Crippen LogP contribution in [-0.2, 0) is 52.8 Å². The highest BCUT2D eigenvalue weighted by atomic mass is 32.1. The smallest absolute Gasteiger partial charge is 0.408 e. The Morgan fingerprint density at radius 3 is 2.28 bits per heavy atom. The zero-order valence-electron chi connectivity index (χ0n) is 46.2. The molecule has 3 aliphatic heterocycles. The molecule has 7 rings (SSSR count). The average molecular weight is 1110 g/mol. The number of nitrogens with zero attached hydrogens (tertiary/aromatic N) is 3. The Hall–Kier alpha value is -7.00. The van der Waals surface area contributed by atoms with Crippen molar-refractivity contribution >= 4 is 58.6 Å². The number of hydrogen-bond donors (Lipinski definition) is 6. The summed E-state index contributed by atoms with van der Waals surface area (Å²) >= 11 is 1.55. The highest BCUT2D eigenvalue weighted by molar-refractivity contribution is 7.13. The van der Waals surface area contributed by atoms with Crippen LogP contribution in [0.25, 0.3) is 10.4 Å². The van der Waals surface area contributed by atoms with E-state index in [0.29, 0.717) is 24.9 Å². The quantitative estimate of drug-likeness (QED) is 0.0474. The maximum absolute atomic E-state index is 16.1. The number of nitrogens with two attached hydrogens (primary N) is 1. The molecule has 1 saturated heterocycles. The third-order valence-corrected chi connectivity index (χ3v) is 15.4. The van der Waals surface area contributed by atoms with E-state index >= 15 is 8.78 Å². The van der Waals surface area contributed by atoms with Gasteiger partial charge in [0.05, 0.1) is 40.0 Å². The Morgan fingerprint density at radius 2 is 1.61 bits per heavy atom. The predicted octanol–water partition coefficient (Wildman–Crippen LogP) is 6.80. The molecule has 3 aliphatic rings. The molecule has 1 fully saturated rings. The summed E-state index contributed by atoms with van der Waals surface area (Å²) < 4.78 is 42.6. The first kappa shape index (κ1) is 59.7. The van der Waals surface area contributed by atoms with Crippen molar-refractivity contribution in [2.24, 2.45) is 11.1 Å². The summed E-state index contributed by atoms with van der Waals surface area (Å²) in [5.41, 5.74) is 10.4. The van der Waals surface area contributed by atoms with Gasteiger partial charge in [-0.1, -0.05) is 69.7 Å². The third-order valence-electron chi connectivity index (χ3n) is 14.5. The molecule has 7 atom stereocenters. The fraction of sp³-hybridized carbons (Fsp3) is 0.517. The van der Waals surface area contributed by atoms with E-state index in [4.69, 9.17) is 15.2 Å². The minimum Gasteiger partial charge on any atom is -0.488 e. The van der Waals surface area contributed by atoms with Crippen molar-refractivity contribution in [1.29, 1.82) is 0 Å². The Labute approximate surface area is 463 Å². The lowest BCUT2D eigenvalue weighted by Crippen LogP contribution is -2.57. The second-order valence-electron chi connectivity index (χ2n) is 22.9. The molecule has 1 unspecified atom stereocenters. The second-order valence-corrected chi connectivity index (χ2v) is 23.7. The van der Waals surface area contributed by atoms with Crippen molar-refractivity contribution in [2.75, 3.05) is 18.1 Å². The second kappa shape index (κ2) is 25.4. The number of aliphatic hydroxyl groups excluding tert-OH is 1. The number of primary amides is 1. The van der Waals surface area contributed by atoms with Crippen molar-refractivity contribution < 1.29 is 56.9 Å². The average Bonchev–Trinajstić information content (AvgIpc) is 4.33. The van der Waals surface area contributed by atoms with E-state index in [1.165, 1.54) is 9.80 Å². The summed E-state index contributed by atoms with van der Waals surface area (Å²) in [7, 11) is 0. The first-order chi connectivity index (χ1) is 37.3. The van der Waals surface area contributed by atoms with Crippen LogP contribution >= 0.6 is 11.3 Å². The van der Waals surface area contributed by atoms with Crippen molar-refractivity contribution in [1.82, 2.24) is 31.2 Å². The molecule has 18 nitrogen and oxygen atoms in total. The summed E-state index contributed by atoms with van der Waals surface area (Å²) in [6, 6.07) is 10.2. The van der Waals surface area contributed by atoms with Crippen LogP contribution in [0.5, 0.6) is 5.75 Å². The SMILES string of the molecule is Cc1ncsc1-c1ccc([C@H](C)NC(=O)C2C[C@@H](O)CN2C(=O)[C@@H](NC(=O)CCCCCc2c(F)ccc(OC[C@H](CCC(N)=O)NC(=O)[C@@H]3Cc4cccc5c4N3C(=O)[C@@H](NC(=O)OC(C)(C)C)CC5)c2F)C(C)(C)C)cc1. The fourth-order valence-electron chi connectivity index (χ4n) is 10.4. The van der Waals surface area contributed by atoms with E-state index in [9.17, 15) is 38.7 Å². The van der Waals surface area contributed by atoms with Crippen LogP contribution in [0.15, 0.2) is 60.1 Å². The zero-order chi connectivity index (χ0) is 57.5. The third kappa shape index (κ3) is 15.0. The number of aliphatic hydroxyl groups is 1. The zero-order valence-corrected chi connectivity index (χ0v) is 47.0. The molecule has 0 saturated carbocycles. The van der Waals surface area contributed by atoms with E-state index in [1.807, 2.05) is 56.3 Å². The van der Waals surface area contributed by atoms with Gasteiger partial charge in [-0.05, 0) is 113 Å². The molecule has 0 aliphatic carbocycles. The van der Waals surface area contributed by atoms with Crippen molar-refractivity contribution in [2.45, 2.75) is 174 Å². The van der Waals surface area contributed by atoms with Crippen LogP contribution in [-0.4, -0.2) is 112 Å². The van der Waals surface area contributed by atoms with Crippen LogP contribution in [0.4, 0.5) is 19.3 Å². The number of anilines is 1. The number of rotatable bonds is 21. The number of ether oxygens (including phenoxy) is 2. The number of likely N-dealkylation sites (tertiary alicyclic amines) is 1. The molecular weight excluding hydrogens is 1040 g/mol. The van der Waals surface area contributed by atoms with Crippen LogP contribution in [0.3, 0.4) is 0 Å². The number of aryl methyl sites for hydroxylation is 2. The van der Waals surface area contributed by atoms with Gasteiger partial charge >= 0.3 is 6.09 Å². The van der Waals surface area contributed by atoms with E-state index in [2.05, 4.69) is 26.3 Å². The van der Waals surface area contributed by atoms with Gasteiger partial charge in [0.15, 0.2) is 11.6 Å². The first-order valence-electron chi connectivity index (χ1n) is 27.0. The number of aromatic nitrogens is 1. The number of alkyl carbamates (subject to hydrolysis) is 1. The van der Waals surface area contributed by atoms with Gasteiger partial charge in [-0.2, -0.15) is 0 Å². The number of hydrogen-bond acceptors (Lipinski definition) is 12. The topological polar surface area (TPSA) is 252 Å². The number of nitrogens with one attached hydrogen (secondary N) is 4. The lowest BCUT2D eigenvalue weighted by Gasteiger charge is -2.35. The van der Waals surface area contributed by atoms with Crippen LogP contribution in [0.1, 0.15) is 134 Å². The molecule has 4 heterocycles. The van der Waals surface area contributed by atoms with Crippen LogP contribution in [0.2, 0.25) is 0 Å².